The number of hydrogen-bond acceptors (Lipinski definition) is 4. The maximum atomic E-state index is 13.1. The maximum absolute atomic E-state index is 13.1. The van der Waals surface area contributed by atoms with Crippen molar-refractivity contribution in [3.63, 3.8) is 0 Å². The third-order valence-corrected chi connectivity index (χ3v) is 7.25. The summed E-state index contributed by atoms with van der Waals surface area (Å²) in [6.45, 7) is 2.78. The summed E-state index contributed by atoms with van der Waals surface area (Å²) < 4.78 is 32.7. The van der Waals surface area contributed by atoms with Crippen molar-refractivity contribution in [3.8, 4) is 5.75 Å². The largest absolute Gasteiger partial charge is 0.496 e. The van der Waals surface area contributed by atoms with Gasteiger partial charge in [-0.15, -0.1) is 0 Å². The van der Waals surface area contributed by atoms with Crippen LogP contribution < -0.4 is 10.1 Å². The van der Waals surface area contributed by atoms with E-state index in [1.807, 2.05) is 12.1 Å². The molecule has 0 radical (unpaired) electrons. The van der Waals surface area contributed by atoms with E-state index in [1.54, 1.807) is 44.4 Å². The van der Waals surface area contributed by atoms with Gasteiger partial charge in [-0.1, -0.05) is 23.7 Å². The number of amides is 1. The standard InChI is InChI=1S/C21H25ClN2O4S/c1-15-12-19(9-10-20(15)28-2)29(26,27)24-11-3-4-17(14-24)21(25)23-13-16-5-7-18(22)8-6-16/h5-10,12,17H,3-4,11,13-14H2,1-2H3,(H,23,25). The molecule has 2 aromatic rings. The number of aryl methyl sites for hydroxylation is 1. The van der Waals surface area contributed by atoms with Gasteiger partial charge in [0, 0.05) is 24.7 Å². The maximum Gasteiger partial charge on any atom is 0.243 e. The van der Waals surface area contributed by atoms with Crippen molar-refractivity contribution < 1.29 is 17.9 Å². The fourth-order valence-corrected chi connectivity index (χ4v) is 5.21. The number of benzene rings is 2. The molecule has 1 saturated heterocycles. The average Bonchev–Trinajstić information content (AvgIpc) is 2.73. The molecule has 1 unspecified atom stereocenters. The number of carbonyl (C=O) groups is 1. The van der Waals surface area contributed by atoms with Gasteiger partial charge in [-0.2, -0.15) is 4.31 Å². The highest BCUT2D eigenvalue weighted by atomic mass is 35.5. The van der Waals surface area contributed by atoms with Gasteiger partial charge in [-0.3, -0.25) is 4.79 Å². The van der Waals surface area contributed by atoms with Crippen LogP contribution in [-0.2, 0) is 21.4 Å². The van der Waals surface area contributed by atoms with Crippen LogP contribution in [-0.4, -0.2) is 38.8 Å². The van der Waals surface area contributed by atoms with Crippen LogP contribution in [0.5, 0.6) is 5.75 Å². The molecule has 0 bridgehead atoms. The van der Waals surface area contributed by atoms with Gasteiger partial charge in [0.15, 0.2) is 0 Å². The van der Waals surface area contributed by atoms with Gasteiger partial charge in [0.25, 0.3) is 0 Å². The van der Waals surface area contributed by atoms with E-state index in [2.05, 4.69) is 5.32 Å². The third-order valence-electron chi connectivity index (χ3n) is 5.14. The SMILES string of the molecule is COc1ccc(S(=O)(=O)N2CCCC(C(=O)NCc3ccc(Cl)cc3)C2)cc1C. The predicted molar refractivity (Wildman–Crippen MR) is 113 cm³/mol. The first-order valence-corrected chi connectivity index (χ1v) is 11.3. The molecular weight excluding hydrogens is 412 g/mol. The quantitative estimate of drug-likeness (QED) is 0.753. The molecule has 2 aromatic carbocycles. The Morgan fingerprint density at radius 2 is 1.97 bits per heavy atom. The lowest BCUT2D eigenvalue weighted by Gasteiger charge is -2.31. The van der Waals surface area contributed by atoms with E-state index in [4.69, 9.17) is 16.3 Å². The summed E-state index contributed by atoms with van der Waals surface area (Å²) in [6, 6.07) is 12.1. The lowest BCUT2D eigenvalue weighted by molar-refractivity contribution is -0.126. The predicted octanol–water partition coefficient (Wildman–Crippen LogP) is 3.37. The van der Waals surface area contributed by atoms with Crippen LogP contribution in [0.4, 0.5) is 0 Å². The lowest BCUT2D eigenvalue weighted by Crippen LogP contribution is -2.45. The summed E-state index contributed by atoms with van der Waals surface area (Å²) in [4.78, 5) is 12.8. The number of rotatable bonds is 6. The van der Waals surface area contributed by atoms with Gasteiger partial charge >= 0.3 is 0 Å². The molecule has 29 heavy (non-hydrogen) atoms. The minimum atomic E-state index is -3.66. The van der Waals surface area contributed by atoms with E-state index < -0.39 is 10.0 Å². The van der Waals surface area contributed by atoms with E-state index in [0.29, 0.717) is 36.7 Å². The molecule has 1 aliphatic rings. The molecular formula is C21H25ClN2O4S. The zero-order valence-corrected chi connectivity index (χ0v) is 18.1. The number of sulfonamides is 1. The van der Waals surface area contributed by atoms with Gasteiger partial charge in [0.2, 0.25) is 15.9 Å². The minimum Gasteiger partial charge on any atom is -0.496 e. The smallest absolute Gasteiger partial charge is 0.243 e. The lowest BCUT2D eigenvalue weighted by atomic mass is 9.99. The van der Waals surface area contributed by atoms with Crippen molar-refractivity contribution in [2.45, 2.75) is 31.2 Å². The first kappa shape index (κ1) is 21.6. The summed E-state index contributed by atoms with van der Waals surface area (Å²) in [5.74, 6) is 0.137. The van der Waals surface area contributed by atoms with Gasteiger partial charge in [0.1, 0.15) is 5.75 Å². The van der Waals surface area contributed by atoms with Gasteiger partial charge < -0.3 is 10.1 Å². The van der Waals surface area contributed by atoms with Gasteiger partial charge in [0.05, 0.1) is 17.9 Å². The highest BCUT2D eigenvalue weighted by Crippen LogP contribution is 2.27. The van der Waals surface area contributed by atoms with Crippen LogP contribution in [0, 0.1) is 12.8 Å². The van der Waals surface area contributed by atoms with Gasteiger partial charge in [-0.25, -0.2) is 8.42 Å². The molecule has 1 N–H and O–H groups in total. The Labute approximate surface area is 176 Å². The van der Waals surface area contributed by atoms with Crippen LogP contribution in [0.25, 0.3) is 0 Å². The van der Waals surface area contributed by atoms with Gasteiger partial charge in [-0.05, 0) is 61.2 Å². The molecule has 1 atom stereocenters. The molecule has 0 aliphatic carbocycles. The summed E-state index contributed by atoms with van der Waals surface area (Å²) in [7, 11) is -2.11. The number of halogens is 1. The topological polar surface area (TPSA) is 75.7 Å². The van der Waals surface area contributed by atoms with Crippen molar-refractivity contribution in [1.82, 2.24) is 9.62 Å². The van der Waals surface area contributed by atoms with E-state index in [9.17, 15) is 13.2 Å². The molecule has 156 valence electrons. The van der Waals surface area contributed by atoms with Crippen molar-refractivity contribution >= 4 is 27.5 Å². The normalized spacial score (nSPS) is 17.7. The second-order valence-electron chi connectivity index (χ2n) is 7.18. The Morgan fingerprint density at radius 3 is 2.62 bits per heavy atom. The Kier molecular flexibility index (Phi) is 6.82. The van der Waals surface area contributed by atoms with E-state index in [1.165, 1.54) is 4.31 Å². The molecule has 1 heterocycles. The number of carbonyl (C=O) groups excluding carboxylic acids is 1. The molecule has 0 saturated carbocycles. The zero-order chi connectivity index (χ0) is 21.0. The number of nitrogens with zero attached hydrogens (tertiary/aromatic N) is 1. The molecule has 0 spiro atoms. The third kappa shape index (κ3) is 5.10. The first-order valence-electron chi connectivity index (χ1n) is 9.48. The molecule has 3 rings (SSSR count). The number of piperidine rings is 1. The van der Waals surface area contributed by atoms with Crippen molar-refractivity contribution in [2.24, 2.45) is 5.92 Å². The molecule has 1 fully saturated rings. The highest BCUT2D eigenvalue weighted by Gasteiger charge is 2.33. The van der Waals surface area contributed by atoms with Crippen LogP contribution in [0.1, 0.15) is 24.0 Å². The fourth-order valence-electron chi connectivity index (χ4n) is 3.47. The minimum absolute atomic E-state index is 0.134. The summed E-state index contributed by atoms with van der Waals surface area (Å²) in [6.07, 6.45) is 1.31. The van der Waals surface area contributed by atoms with E-state index in [0.717, 1.165) is 11.1 Å². The number of methoxy groups -OCH3 is 1. The first-order chi connectivity index (χ1) is 13.8. The van der Waals surface area contributed by atoms with Crippen molar-refractivity contribution in [3.05, 3.63) is 58.6 Å². The number of nitrogens with one attached hydrogen (secondary N) is 1. The highest BCUT2D eigenvalue weighted by molar-refractivity contribution is 7.89. The summed E-state index contributed by atoms with van der Waals surface area (Å²) >= 11 is 5.88. The second kappa shape index (κ2) is 9.15. The van der Waals surface area contributed by atoms with Crippen LogP contribution >= 0.6 is 11.6 Å². The Morgan fingerprint density at radius 1 is 1.24 bits per heavy atom. The van der Waals surface area contributed by atoms with Crippen LogP contribution in [0.2, 0.25) is 5.02 Å². The van der Waals surface area contributed by atoms with E-state index >= 15 is 0 Å². The summed E-state index contributed by atoms with van der Waals surface area (Å²) in [5, 5.41) is 3.54. The number of ether oxygens (including phenoxy) is 1. The molecule has 1 aliphatic heterocycles. The molecule has 1 amide bonds. The van der Waals surface area contributed by atoms with E-state index in [-0.39, 0.29) is 23.3 Å². The monoisotopic (exact) mass is 436 g/mol. The van der Waals surface area contributed by atoms with Crippen LogP contribution in [0.15, 0.2) is 47.4 Å². The Bertz CT molecular complexity index is 977. The van der Waals surface area contributed by atoms with Crippen molar-refractivity contribution in [2.75, 3.05) is 20.2 Å². The average molecular weight is 437 g/mol. The molecule has 6 nitrogen and oxygen atoms in total. The summed E-state index contributed by atoms with van der Waals surface area (Å²) in [5.41, 5.74) is 1.69. The molecule has 8 heteroatoms. The van der Waals surface area contributed by atoms with Crippen LogP contribution in [0.3, 0.4) is 0 Å². The Hall–Kier alpha value is -2.09. The number of hydrogen-bond donors (Lipinski definition) is 1. The molecule has 0 aromatic heterocycles. The van der Waals surface area contributed by atoms with Crippen molar-refractivity contribution in [1.29, 1.82) is 0 Å². The second-order valence-corrected chi connectivity index (χ2v) is 9.55. The Balaban J connectivity index is 1.66. The zero-order valence-electron chi connectivity index (χ0n) is 16.5. The fraction of sp³-hybridized carbons (Fsp3) is 0.381.